The van der Waals surface area contributed by atoms with Crippen molar-refractivity contribution in [3.05, 3.63) is 62.3 Å². The number of rotatable bonds is 8. The molecule has 0 saturated heterocycles. The highest BCUT2D eigenvalue weighted by atomic mass is 32.1. The van der Waals surface area contributed by atoms with Crippen LogP contribution in [0.15, 0.2) is 35.8 Å². The van der Waals surface area contributed by atoms with Gasteiger partial charge in [-0.25, -0.2) is 9.97 Å². The van der Waals surface area contributed by atoms with Crippen molar-refractivity contribution in [1.82, 2.24) is 9.97 Å². The fourth-order valence-electron chi connectivity index (χ4n) is 2.47. The van der Waals surface area contributed by atoms with E-state index in [0.717, 1.165) is 5.69 Å². The predicted octanol–water partition coefficient (Wildman–Crippen LogP) is 4.39. The summed E-state index contributed by atoms with van der Waals surface area (Å²) < 4.78 is 43.4. The van der Waals surface area contributed by atoms with Crippen molar-refractivity contribution < 1.29 is 22.8 Å². The molecule has 30 heavy (non-hydrogen) atoms. The summed E-state index contributed by atoms with van der Waals surface area (Å²) in [6.45, 7) is -3.29. The average Bonchev–Trinajstić information content (AvgIpc) is 3.17. The lowest BCUT2D eigenvalue weighted by Gasteiger charge is -2.13. The summed E-state index contributed by atoms with van der Waals surface area (Å²) >= 11 is 1.32. The molecule has 0 spiro atoms. The average molecular weight is 438 g/mol. The molecule has 0 saturated carbocycles. The maximum Gasteiger partial charge on any atom is 0.387 e. The number of nitro benzene ring substituents is 1. The van der Waals surface area contributed by atoms with E-state index in [9.17, 15) is 23.3 Å². The quantitative estimate of drug-likeness (QED) is 0.270. The van der Waals surface area contributed by atoms with Gasteiger partial charge in [0, 0.05) is 25.4 Å². The maximum absolute atomic E-state index is 13.8. The Labute approximate surface area is 171 Å². The van der Waals surface area contributed by atoms with Crippen LogP contribution in [0.5, 0.6) is 5.75 Å². The number of anilines is 3. The van der Waals surface area contributed by atoms with E-state index in [0.29, 0.717) is 17.0 Å². The molecule has 3 rings (SSSR count). The van der Waals surface area contributed by atoms with E-state index in [-0.39, 0.29) is 23.0 Å². The molecule has 2 aromatic heterocycles. The molecular weight excluding hydrogens is 425 g/mol. The van der Waals surface area contributed by atoms with Gasteiger partial charge < -0.3 is 15.4 Å². The number of nitrogens with one attached hydrogen (secondary N) is 3. The van der Waals surface area contributed by atoms with Crippen LogP contribution in [-0.4, -0.2) is 34.3 Å². The molecule has 13 heteroatoms. The Morgan fingerprint density at radius 2 is 2.10 bits per heavy atom. The third-order valence-electron chi connectivity index (χ3n) is 3.78. The Morgan fingerprint density at radius 1 is 1.33 bits per heavy atom. The highest BCUT2D eigenvalue weighted by Gasteiger charge is 2.22. The lowest BCUT2D eigenvalue weighted by atomic mass is 10.2. The van der Waals surface area contributed by atoms with Crippen molar-refractivity contribution in [2.24, 2.45) is 0 Å². The minimum absolute atomic E-state index is 0.0777. The molecule has 2 heterocycles. The second kappa shape index (κ2) is 8.73. The molecule has 0 radical (unpaired) electrons. The molecule has 0 atom stereocenters. The second-order valence-electron chi connectivity index (χ2n) is 5.61. The van der Waals surface area contributed by atoms with E-state index >= 15 is 0 Å². The summed E-state index contributed by atoms with van der Waals surface area (Å²) in [5.74, 6) is -2.15. The zero-order valence-corrected chi connectivity index (χ0v) is 16.0. The standard InChI is InChI=1S/C17H13F3N6O3S/c1-22-10-3-5-30-15(10)14(21)9-2-4-23-17(24-9)25-11-7-12(26(27)28)8(18)6-13(11)29-16(19)20/h2-7,16,21-22H,1H3,(H,23,24,25). The first kappa shape index (κ1) is 21.0. The van der Waals surface area contributed by atoms with E-state index in [1.165, 1.54) is 23.6 Å². The minimum atomic E-state index is -3.29. The van der Waals surface area contributed by atoms with E-state index in [4.69, 9.17) is 5.41 Å². The third-order valence-corrected chi connectivity index (χ3v) is 4.71. The summed E-state index contributed by atoms with van der Waals surface area (Å²) in [6.07, 6.45) is 1.32. The van der Waals surface area contributed by atoms with Gasteiger partial charge in [0.25, 0.3) is 0 Å². The van der Waals surface area contributed by atoms with Crippen molar-refractivity contribution in [3.63, 3.8) is 0 Å². The zero-order valence-electron chi connectivity index (χ0n) is 15.1. The number of thiophene rings is 1. The van der Waals surface area contributed by atoms with Crippen LogP contribution < -0.4 is 15.4 Å². The Hall–Kier alpha value is -3.74. The summed E-state index contributed by atoms with van der Waals surface area (Å²) in [7, 11) is 1.71. The molecule has 156 valence electrons. The molecular formula is C17H13F3N6O3S. The Morgan fingerprint density at radius 3 is 2.77 bits per heavy atom. The van der Waals surface area contributed by atoms with Crippen molar-refractivity contribution in [3.8, 4) is 5.75 Å². The number of hydrogen-bond acceptors (Lipinski definition) is 9. The van der Waals surface area contributed by atoms with Gasteiger partial charge in [0.1, 0.15) is 0 Å². The van der Waals surface area contributed by atoms with Gasteiger partial charge in [-0.3, -0.25) is 15.5 Å². The van der Waals surface area contributed by atoms with Gasteiger partial charge in [0.05, 0.1) is 32.6 Å². The number of ether oxygens (including phenoxy) is 1. The van der Waals surface area contributed by atoms with E-state index in [2.05, 4.69) is 25.3 Å². The van der Waals surface area contributed by atoms with Gasteiger partial charge >= 0.3 is 12.3 Å². The molecule has 0 aliphatic carbocycles. The molecule has 9 nitrogen and oxygen atoms in total. The number of hydrogen-bond donors (Lipinski definition) is 3. The maximum atomic E-state index is 13.8. The van der Waals surface area contributed by atoms with Crippen LogP contribution in [0.1, 0.15) is 10.6 Å². The van der Waals surface area contributed by atoms with Crippen LogP contribution >= 0.6 is 11.3 Å². The molecule has 0 bridgehead atoms. The third kappa shape index (κ3) is 4.46. The Kier molecular flexibility index (Phi) is 6.11. The summed E-state index contributed by atoms with van der Waals surface area (Å²) in [5, 5.41) is 26.6. The first-order valence-corrected chi connectivity index (χ1v) is 9.05. The van der Waals surface area contributed by atoms with Crippen molar-refractivity contribution in [1.29, 1.82) is 5.41 Å². The number of nitrogens with zero attached hydrogens (tertiary/aromatic N) is 3. The van der Waals surface area contributed by atoms with Crippen LogP contribution in [0.2, 0.25) is 0 Å². The molecule has 0 unspecified atom stereocenters. The van der Waals surface area contributed by atoms with Gasteiger partial charge in [-0.05, 0) is 17.5 Å². The molecule has 0 amide bonds. The van der Waals surface area contributed by atoms with Gasteiger partial charge in [-0.1, -0.05) is 0 Å². The lowest BCUT2D eigenvalue weighted by Crippen LogP contribution is -2.09. The Bertz CT molecular complexity index is 1110. The molecule has 0 aliphatic heterocycles. The molecule has 0 aliphatic rings. The van der Waals surface area contributed by atoms with Crippen LogP contribution in [0, 0.1) is 21.3 Å². The monoisotopic (exact) mass is 438 g/mol. The SMILES string of the molecule is CNc1ccsc1C(=N)c1ccnc(Nc2cc([N+](=O)[O-])c(F)cc2OC(F)F)n1. The molecule has 1 aromatic carbocycles. The summed E-state index contributed by atoms with van der Waals surface area (Å²) in [5.41, 5.74) is -0.271. The van der Waals surface area contributed by atoms with Gasteiger partial charge in [0.2, 0.25) is 11.8 Å². The summed E-state index contributed by atoms with van der Waals surface area (Å²) in [6, 6.07) is 4.44. The smallest absolute Gasteiger partial charge is 0.387 e. The van der Waals surface area contributed by atoms with Gasteiger partial charge in [0.15, 0.2) is 5.75 Å². The van der Waals surface area contributed by atoms with Crippen molar-refractivity contribution in [2.45, 2.75) is 6.61 Å². The number of benzene rings is 1. The first-order valence-electron chi connectivity index (χ1n) is 8.17. The highest BCUT2D eigenvalue weighted by Crippen LogP contribution is 2.34. The second-order valence-corrected chi connectivity index (χ2v) is 6.53. The fourth-order valence-corrected chi connectivity index (χ4v) is 3.33. The highest BCUT2D eigenvalue weighted by molar-refractivity contribution is 7.13. The normalized spacial score (nSPS) is 10.7. The van der Waals surface area contributed by atoms with Crippen LogP contribution in [0.3, 0.4) is 0 Å². The first-order chi connectivity index (χ1) is 14.3. The molecule has 3 aromatic rings. The zero-order chi connectivity index (χ0) is 21.8. The van der Waals surface area contributed by atoms with E-state index < -0.39 is 28.8 Å². The van der Waals surface area contributed by atoms with Gasteiger partial charge in [-0.2, -0.15) is 13.2 Å². The van der Waals surface area contributed by atoms with Crippen LogP contribution in [0.25, 0.3) is 0 Å². The number of nitro groups is 1. The van der Waals surface area contributed by atoms with Crippen LogP contribution in [-0.2, 0) is 0 Å². The topological polar surface area (TPSA) is 126 Å². The van der Waals surface area contributed by atoms with E-state index in [1.54, 1.807) is 18.5 Å². The Balaban J connectivity index is 1.96. The summed E-state index contributed by atoms with van der Waals surface area (Å²) in [4.78, 5) is 18.7. The van der Waals surface area contributed by atoms with Crippen molar-refractivity contribution >= 4 is 40.1 Å². The number of alkyl halides is 2. The van der Waals surface area contributed by atoms with Crippen molar-refractivity contribution in [2.75, 3.05) is 17.7 Å². The number of aromatic nitrogens is 2. The minimum Gasteiger partial charge on any atom is -0.432 e. The van der Waals surface area contributed by atoms with Crippen LogP contribution in [0.4, 0.5) is 36.2 Å². The fraction of sp³-hybridized carbons (Fsp3) is 0.118. The largest absolute Gasteiger partial charge is 0.432 e. The lowest BCUT2D eigenvalue weighted by molar-refractivity contribution is -0.387. The molecule has 0 fully saturated rings. The predicted molar refractivity (Wildman–Crippen MR) is 105 cm³/mol. The van der Waals surface area contributed by atoms with E-state index in [1.807, 2.05) is 0 Å². The molecule has 3 N–H and O–H groups in total. The number of halogens is 3. The van der Waals surface area contributed by atoms with Gasteiger partial charge in [-0.15, -0.1) is 11.3 Å².